The molecule has 1 aliphatic heterocycles. The van der Waals surface area contributed by atoms with Gasteiger partial charge in [0.1, 0.15) is 0 Å². The molecule has 3 rings (SSSR count). The van der Waals surface area contributed by atoms with Crippen LogP contribution in [0.2, 0.25) is 0 Å². The second-order valence-electron chi connectivity index (χ2n) is 4.40. The SMILES string of the molecule is O=C(Nc1ccc(N2NN=NC2S)cc1)c1ccccc1. The third kappa shape index (κ3) is 2.97. The number of hydrazine groups is 1. The van der Waals surface area contributed by atoms with E-state index in [0.29, 0.717) is 5.56 Å². The van der Waals surface area contributed by atoms with Crippen LogP contribution in [0.15, 0.2) is 64.9 Å². The largest absolute Gasteiger partial charge is 0.322 e. The van der Waals surface area contributed by atoms with E-state index >= 15 is 0 Å². The molecule has 2 aromatic rings. The Balaban J connectivity index is 1.69. The molecular weight excluding hydrogens is 286 g/mol. The first kappa shape index (κ1) is 13.4. The smallest absolute Gasteiger partial charge is 0.255 e. The molecule has 21 heavy (non-hydrogen) atoms. The van der Waals surface area contributed by atoms with E-state index in [1.807, 2.05) is 42.5 Å². The van der Waals surface area contributed by atoms with Gasteiger partial charge in [-0.25, -0.2) is 5.01 Å². The monoisotopic (exact) mass is 299 g/mol. The van der Waals surface area contributed by atoms with E-state index in [-0.39, 0.29) is 11.4 Å². The molecule has 2 aromatic carbocycles. The number of carbonyl (C=O) groups is 1. The number of thiol groups is 1. The predicted octanol–water partition coefficient (Wildman–Crippen LogP) is 2.84. The Hall–Kier alpha value is -2.54. The molecule has 1 heterocycles. The molecule has 1 atom stereocenters. The van der Waals surface area contributed by atoms with Gasteiger partial charge >= 0.3 is 0 Å². The van der Waals surface area contributed by atoms with Crippen molar-refractivity contribution in [3.05, 3.63) is 60.2 Å². The maximum absolute atomic E-state index is 12.0. The molecular formula is C14H13N5OS. The Morgan fingerprint density at radius 2 is 1.86 bits per heavy atom. The summed E-state index contributed by atoms with van der Waals surface area (Å²) in [5.41, 5.74) is 4.58. The molecule has 7 heteroatoms. The fraction of sp³-hybridized carbons (Fsp3) is 0.0714. The molecule has 6 nitrogen and oxygen atoms in total. The summed E-state index contributed by atoms with van der Waals surface area (Å²) in [6, 6.07) is 16.4. The van der Waals surface area contributed by atoms with Gasteiger partial charge in [-0.2, -0.15) is 5.53 Å². The third-order valence-electron chi connectivity index (χ3n) is 2.98. The number of carbonyl (C=O) groups excluding carboxylic acids is 1. The highest BCUT2D eigenvalue weighted by molar-refractivity contribution is 7.81. The van der Waals surface area contributed by atoms with Gasteiger partial charge < -0.3 is 5.32 Å². The summed E-state index contributed by atoms with van der Waals surface area (Å²) in [6.07, 6.45) is 0. The summed E-state index contributed by atoms with van der Waals surface area (Å²) >= 11 is 4.26. The minimum absolute atomic E-state index is 0.139. The van der Waals surface area contributed by atoms with Crippen molar-refractivity contribution in [2.75, 3.05) is 10.3 Å². The maximum Gasteiger partial charge on any atom is 0.255 e. The van der Waals surface area contributed by atoms with Crippen molar-refractivity contribution in [1.29, 1.82) is 0 Å². The van der Waals surface area contributed by atoms with E-state index in [4.69, 9.17) is 0 Å². The Morgan fingerprint density at radius 1 is 1.14 bits per heavy atom. The molecule has 1 unspecified atom stereocenters. The van der Waals surface area contributed by atoms with Crippen LogP contribution in [-0.2, 0) is 0 Å². The van der Waals surface area contributed by atoms with Gasteiger partial charge in [0.2, 0.25) is 5.50 Å². The zero-order chi connectivity index (χ0) is 14.7. The van der Waals surface area contributed by atoms with Crippen molar-refractivity contribution < 1.29 is 4.79 Å². The van der Waals surface area contributed by atoms with Gasteiger partial charge in [-0.15, -0.1) is 17.7 Å². The van der Waals surface area contributed by atoms with Crippen molar-refractivity contribution in [2.45, 2.75) is 5.50 Å². The summed E-state index contributed by atoms with van der Waals surface area (Å²) in [6.45, 7) is 0. The summed E-state index contributed by atoms with van der Waals surface area (Å²) < 4.78 is 0. The average Bonchev–Trinajstić information content (AvgIpc) is 2.95. The molecule has 0 aromatic heterocycles. The normalized spacial score (nSPS) is 16.6. The van der Waals surface area contributed by atoms with Crippen LogP contribution in [0.4, 0.5) is 11.4 Å². The molecule has 1 amide bonds. The van der Waals surface area contributed by atoms with Gasteiger partial charge in [-0.05, 0) is 36.4 Å². The van der Waals surface area contributed by atoms with Crippen LogP contribution in [0, 0.1) is 0 Å². The minimum Gasteiger partial charge on any atom is -0.322 e. The number of amides is 1. The Bertz CT molecular complexity index is 659. The van der Waals surface area contributed by atoms with Gasteiger partial charge in [0.15, 0.2) is 0 Å². The van der Waals surface area contributed by atoms with Gasteiger partial charge in [0.05, 0.1) is 5.69 Å². The predicted molar refractivity (Wildman–Crippen MR) is 84.1 cm³/mol. The highest BCUT2D eigenvalue weighted by atomic mass is 32.1. The molecule has 0 aliphatic carbocycles. The van der Waals surface area contributed by atoms with Crippen LogP contribution in [0.3, 0.4) is 0 Å². The fourth-order valence-corrected chi connectivity index (χ4v) is 2.15. The lowest BCUT2D eigenvalue weighted by Crippen LogP contribution is -2.34. The van der Waals surface area contributed by atoms with E-state index < -0.39 is 0 Å². The maximum atomic E-state index is 12.0. The molecule has 0 saturated heterocycles. The van der Waals surface area contributed by atoms with Crippen molar-refractivity contribution in [1.82, 2.24) is 5.53 Å². The van der Waals surface area contributed by atoms with Crippen molar-refractivity contribution in [2.24, 2.45) is 10.3 Å². The Morgan fingerprint density at radius 3 is 2.48 bits per heavy atom. The van der Waals surface area contributed by atoms with Crippen LogP contribution in [0.5, 0.6) is 0 Å². The van der Waals surface area contributed by atoms with E-state index in [9.17, 15) is 4.79 Å². The number of hydrogen-bond acceptors (Lipinski definition) is 6. The van der Waals surface area contributed by atoms with Gasteiger partial charge in [0.25, 0.3) is 5.91 Å². The minimum atomic E-state index is -0.352. The molecule has 0 radical (unpaired) electrons. The molecule has 0 bridgehead atoms. The highest BCUT2D eigenvalue weighted by Gasteiger charge is 2.18. The zero-order valence-electron chi connectivity index (χ0n) is 11.0. The van der Waals surface area contributed by atoms with E-state index in [1.165, 1.54) is 0 Å². The van der Waals surface area contributed by atoms with Crippen LogP contribution < -0.4 is 15.9 Å². The van der Waals surface area contributed by atoms with Crippen LogP contribution in [-0.4, -0.2) is 11.4 Å². The molecule has 0 saturated carbocycles. The number of nitrogens with zero attached hydrogens (tertiary/aromatic N) is 3. The number of rotatable bonds is 3. The van der Waals surface area contributed by atoms with E-state index in [1.54, 1.807) is 17.1 Å². The van der Waals surface area contributed by atoms with Gasteiger partial charge in [-0.1, -0.05) is 23.4 Å². The van der Waals surface area contributed by atoms with Crippen LogP contribution in [0.25, 0.3) is 0 Å². The summed E-state index contributed by atoms with van der Waals surface area (Å²) in [4.78, 5) is 12.0. The molecule has 0 fully saturated rings. The summed E-state index contributed by atoms with van der Waals surface area (Å²) in [5.74, 6) is -0.139. The van der Waals surface area contributed by atoms with E-state index in [0.717, 1.165) is 11.4 Å². The lowest BCUT2D eigenvalue weighted by molar-refractivity contribution is 0.102. The molecule has 1 aliphatic rings. The third-order valence-corrected chi connectivity index (χ3v) is 3.32. The second-order valence-corrected chi connectivity index (χ2v) is 4.86. The molecule has 2 N–H and O–H groups in total. The van der Waals surface area contributed by atoms with Gasteiger partial charge in [0, 0.05) is 11.3 Å². The van der Waals surface area contributed by atoms with Crippen LogP contribution >= 0.6 is 12.6 Å². The highest BCUT2D eigenvalue weighted by Crippen LogP contribution is 2.22. The first-order valence-electron chi connectivity index (χ1n) is 6.33. The number of hydrogen-bond donors (Lipinski definition) is 3. The topological polar surface area (TPSA) is 69.1 Å². The number of benzene rings is 2. The summed E-state index contributed by atoms with van der Waals surface area (Å²) in [7, 11) is 0. The average molecular weight is 299 g/mol. The van der Waals surface area contributed by atoms with E-state index in [2.05, 4.69) is 33.8 Å². The number of nitrogens with one attached hydrogen (secondary N) is 2. The molecule has 106 valence electrons. The zero-order valence-corrected chi connectivity index (χ0v) is 11.9. The van der Waals surface area contributed by atoms with Crippen molar-refractivity contribution in [3.63, 3.8) is 0 Å². The van der Waals surface area contributed by atoms with Crippen molar-refractivity contribution >= 4 is 29.9 Å². The Kier molecular flexibility index (Phi) is 3.74. The first-order chi connectivity index (χ1) is 10.2. The molecule has 0 spiro atoms. The first-order valence-corrected chi connectivity index (χ1v) is 6.85. The fourth-order valence-electron chi connectivity index (χ4n) is 1.92. The standard InChI is InChI=1S/C14H13N5OS/c20-13(10-4-2-1-3-5-10)15-11-6-8-12(9-7-11)19-14(21)16-17-18-19/h1-9,14,21H,(H,15,20)(H,16,18). The number of anilines is 2. The second kappa shape index (κ2) is 5.84. The van der Waals surface area contributed by atoms with Gasteiger partial charge in [-0.3, -0.25) is 4.79 Å². The van der Waals surface area contributed by atoms with Crippen molar-refractivity contribution in [3.8, 4) is 0 Å². The van der Waals surface area contributed by atoms with Crippen LogP contribution in [0.1, 0.15) is 10.4 Å². The lowest BCUT2D eigenvalue weighted by Gasteiger charge is -2.19. The summed E-state index contributed by atoms with van der Waals surface area (Å²) in [5, 5.41) is 12.1. The Labute approximate surface area is 127 Å². The lowest BCUT2D eigenvalue weighted by atomic mass is 10.2. The quantitative estimate of drug-likeness (QED) is 0.763.